The first-order chi connectivity index (χ1) is 20.3. The van der Waals surface area contributed by atoms with Crippen LogP contribution < -0.4 is 10.2 Å². The number of unbranched alkanes of at least 4 members (excludes halogenated alkanes) is 16. The number of rotatable bonds is 22. The van der Waals surface area contributed by atoms with Crippen LogP contribution in [-0.4, -0.2) is 59.9 Å². The summed E-state index contributed by atoms with van der Waals surface area (Å²) in [7, 11) is 0. The van der Waals surface area contributed by atoms with E-state index in [-0.39, 0.29) is 60.4 Å². The second kappa shape index (κ2) is 26.6. The third-order valence-electron chi connectivity index (χ3n) is 7.80. The topological polar surface area (TPSA) is 121 Å². The van der Waals surface area contributed by atoms with Crippen LogP contribution in [0, 0.1) is 0 Å². The number of hydrogen-bond acceptors (Lipinski definition) is 5. The van der Waals surface area contributed by atoms with Gasteiger partial charge in [-0.3, -0.25) is 0 Å². The zero-order valence-electron chi connectivity index (χ0n) is 26.8. The first-order valence-electron chi connectivity index (χ1n) is 16.4. The van der Waals surface area contributed by atoms with Gasteiger partial charge in [-0.1, -0.05) is 141 Å². The van der Waals surface area contributed by atoms with E-state index in [1.807, 2.05) is 0 Å². The molecule has 0 saturated heterocycles. The average Bonchev–Trinajstić information content (AvgIpc) is 2.96. The summed E-state index contributed by atoms with van der Waals surface area (Å²) >= 11 is 0. The van der Waals surface area contributed by atoms with Crippen LogP contribution in [0.4, 0.5) is 0 Å². The van der Waals surface area contributed by atoms with Crippen molar-refractivity contribution in [1.82, 2.24) is 0 Å². The van der Waals surface area contributed by atoms with Gasteiger partial charge in [-0.2, -0.15) is 0 Å². The molecule has 0 fully saturated rings. The Morgan fingerprint density at radius 1 is 0.605 bits per heavy atom. The summed E-state index contributed by atoms with van der Waals surface area (Å²) in [5.41, 5.74) is 1.27. The van der Waals surface area contributed by atoms with E-state index in [0.29, 0.717) is 24.0 Å². The molecule has 0 aliphatic rings. The van der Waals surface area contributed by atoms with Crippen LogP contribution in [0.2, 0.25) is 0 Å². The van der Waals surface area contributed by atoms with E-state index in [1.165, 1.54) is 102 Å². The van der Waals surface area contributed by atoms with E-state index < -0.39 is 11.9 Å². The van der Waals surface area contributed by atoms with Gasteiger partial charge in [0, 0.05) is 5.56 Å². The molecule has 7 heteroatoms. The number of carboxylic acid groups (broad SMARTS) is 2. The van der Waals surface area contributed by atoms with E-state index in [9.17, 15) is 24.9 Å². The largest absolute Gasteiger partial charge is 2.00 e. The van der Waals surface area contributed by atoms with Crippen LogP contribution in [0.5, 0.6) is 11.5 Å². The summed E-state index contributed by atoms with van der Waals surface area (Å²) in [6.45, 7) is 4.44. The predicted molar refractivity (Wildman–Crippen MR) is 173 cm³/mol. The zero-order valence-corrected chi connectivity index (χ0v) is 29.0. The number of phenols is 1. The van der Waals surface area contributed by atoms with Crippen LogP contribution in [0.15, 0.2) is 36.4 Å². The minimum absolute atomic E-state index is 0. The fourth-order valence-corrected chi connectivity index (χ4v) is 5.28. The van der Waals surface area contributed by atoms with E-state index in [4.69, 9.17) is 5.11 Å². The van der Waals surface area contributed by atoms with Crippen molar-refractivity contribution in [2.75, 3.05) is 0 Å². The minimum atomic E-state index is -1.25. The number of carbonyl (C=O) groups is 2. The summed E-state index contributed by atoms with van der Waals surface area (Å²) in [6, 6.07) is 9.07. The molecule has 0 saturated carbocycles. The van der Waals surface area contributed by atoms with Gasteiger partial charge in [0.05, 0.1) is 11.5 Å². The number of carboxylic acids is 2. The molecule has 0 aliphatic carbocycles. The molecule has 0 amide bonds. The van der Waals surface area contributed by atoms with Crippen molar-refractivity contribution in [3.63, 3.8) is 0 Å². The van der Waals surface area contributed by atoms with E-state index >= 15 is 0 Å². The maximum atomic E-state index is 11.7. The zero-order chi connectivity index (χ0) is 31.0. The molecular weight excluding hydrogens is 568 g/mol. The predicted octanol–water partition coefficient (Wildman–Crippen LogP) is 7.98. The fourth-order valence-electron chi connectivity index (χ4n) is 5.28. The second-order valence-electron chi connectivity index (χ2n) is 11.3. The Morgan fingerprint density at radius 2 is 1.00 bits per heavy atom. The third kappa shape index (κ3) is 18.6. The fraction of sp³-hybridized carbons (Fsp3) is 0.611. The molecule has 2 aromatic rings. The summed E-state index contributed by atoms with van der Waals surface area (Å²) in [4.78, 5) is 22.1. The Bertz CT molecular complexity index is 941. The van der Waals surface area contributed by atoms with Crippen molar-refractivity contribution in [2.45, 2.75) is 142 Å². The molecule has 0 atom stereocenters. The number of benzene rings is 2. The Morgan fingerprint density at radius 3 is 1.44 bits per heavy atom. The molecule has 2 aromatic carbocycles. The molecule has 0 heterocycles. The Labute approximate surface area is 290 Å². The third-order valence-corrected chi connectivity index (χ3v) is 7.80. The SMILES string of the molecule is CCCCCCCCCCCc1c(O)cccc1C(=O)O.CCCCCCCCCCCc1c([O-])cccc1C(=O)[O-].[Ca+2]. The summed E-state index contributed by atoms with van der Waals surface area (Å²) in [5.74, 6) is -2.29. The van der Waals surface area contributed by atoms with E-state index in [0.717, 1.165) is 32.1 Å². The van der Waals surface area contributed by atoms with Crippen molar-refractivity contribution in [3.8, 4) is 11.5 Å². The molecule has 43 heavy (non-hydrogen) atoms. The van der Waals surface area contributed by atoms with Gasteiger partial charge in [0.25, 0.3) is 0 Å². The molecule has 236 valence electrons. The molecule has 0 spiro atoms. The smallest absolute Gasteiger partial charge is 0.872 e. The second-order valence-corrected chi connectivity index (χ2v) is 11.3. The first-order valence-corrected chi connectivity index (χ1v) is 16.4. The molecule has 2 N–H and O–H groups in total. The molecule has 2 rings (SSSR count). The first kappa shape index (κ1) is 41.2. The monoisotopic (exact) mass is 622 g/mol. The van der Waals surface area contributed by atoms with Gasteiger partial charge in [0.15, 0.2) is 0 Å². The number of aromatic hydroxyl groups is 1. The maximum Gasteiger partial charge on any atom is 2.00 e. The van der Waals surface area contributed by atoms with Crippen molar-refractivity contribution < 1.29 is 30.0 Å². The van der Waals surface area contributed by atoms with Crippen LogP contribution in [0.1, 0.15) is 161 Å². The molecule has 0 aromatic heterocycles. The normalized spacial score (nSPS) is 10.5. The maximum absolute atomic E-state index is 11.7. The van der Waals surface area contributed by atoms with Gasteiger partial charge in [-0.15, -0.1) is 5.75 Å². The average molecular weight is 623 g/mol. The number of carbonyl (C=O) groups excluding carboxylic acids is 1. The Balaban J connectivity index is 0.000000802. The van der Waals surface area contributed by atoms with Gasteiger partial charge in [0.1, 0.15) is 5.75 Å². The van der Waals surface area contributed by atoms with E-state index in [2.05, 4.69) is 13.8 Å². The standard InChI is InChI=1S/2C18H28O3.Ca/c2*1-2-3-4-5-6-7-8-9-10-12-15-16(18(20)21)13-11-14-17(15)19;/h2*11,13-14,19H,2-10,12H2,1H3,(H,20,21);/q;;+2/p-2. The molecule has 0 bridgehead atoms. The molecule has 0 unspecified atom stereocenters. The molecule has 0 aliphatic heterocycles. The molecule has 0 radical (unpaired) electrons. The number of phenolic OH excluding ortho intramolecular Hbond substituents is 1. The molecule has 6 nitrogen and oxygen atoms in total. The summed E-state index contributed by atoms with van der Waals surface area (Å²) in [6.07, 6.45) is 23.1. The van der Waals surface area contributed by atoms with Gasteiger partial charge < -0.3 is 25.2 Å². The van der Waals surface area contributed by atoms with Crippen molar-refractivity contribution in [3.05, 3.63) is 58.7 Å². The van der Waals surface area contributed by atoms with Crippen molar-refractivity contribution in [1.29, 1.82) is 0 Å². The Hall–Kier alpha value is -1.76. The molecular formula is C36H54CaO6. The summed E-state index contributed by atoms with van der Waals surface area (Å²) in [5, 5.41) is 41.6. The van der Waals surface area contributed by atoms with Crippen LogP contribution in [0.25, 0.3) is 0 Å². The van der Waals surface area contributed by atoms with Crippen molar-refractivity contribution in [2.24, 2.45) is 0 Å². The van der Waals surface area contributed by atoms with Crippen molar-refractivity contribution >= 4 is 49.7 Å². The minimum Gasteiger partial charge on any atom is -0.872 e. The van der Waals surface area contributed by atoms with Gasteiger partial charge in [-0.25, -0.2) is 4.79 Å². The van der Waals surface area contributed by atoms with Gasteiger partial charge >= 0.3 is 43.7 Å². The van der Waals surface area contributed by atoms with Crippen LogP contribution >= 0.6 is 0 Å². The number of hydrogen-bond donors (Lipinski definition) is 2. The van der Waals surface area contributed by atoms with Crippen LogP contribution in [0.3, 0.4) is 0 Å². The summed E-state index contributed by atoms with van der Waals surface area (Å²) < 4.78 is 0. The van der Waals surface area contributed by atoms with E-state index in [1.54, 1.807) is 18.2 Å². The quantitative estimate of drug-likeness (QED) is 0.101. The Kier molecular flexibility index (Phi) is 25.5. The van der Waals surface area contributed by atoms with Gasteiger partial charge in [-0.05, 0) is 48.9 Å². The van der Waals surface area contributed by atoms with Gasteiger partial charge in [0.2, 0.25) is 0 Å². The number of aromatic carboxylic acids is 2. The van der Waals surface area contributed by atoms with Crippen LogP contribution in [-0.2, 0) is 12.8 Å².